The Bertz CT molecular complexity index is 644. The number of nitrogens with one attached hydrogen (secondary N) is 1. The van der Waals surface area contributed by atoms with Crippen molar-refractivity contribution in [3.05, 3.63) is 63.6 Å². The molecule has 3 rings (SSSR count). The van der Waals surface area contributed by atoms with E-state index >= 15 is 0 Å². The first kappa shape index (κ1) is 15.2. The molecule has 0 spiro atoms. The number of fused-ring (bicyclic) bond motifs is 1. The summed E-state index contributed by atoms with van der Waals surface area (Å²) >= 11 is 14.2. The lowest BCUT2D eigenvalue weighted by Crippen LogP contribution is -2.27. The van der Waals surface area contributed by atoms with Gasteiger partial charge in [0.05, 0.1) is 0 Å². The second-order valence-corrected chi connectivity index (χ2v) is 7.32. The van der Waals surface area contributed by atoms with Crippen LogP contribution in [0.15, 0.2) is 47.4 Å². The maximum absolute atomic E-state index is 6.16. The summed E-state index contributed by atoms with van der Waals surface area (Å²) < 4.78 is 0. The van der Waals surface area contributed by atoms with Crippen LogP contribution < -0.4 is 5.32 Å². The Morgan fingerprint density at radius 3 is 2.76 bits per heavy atom. The predicted molar refractivity (Wildman–Crippen MR) is 92.5 cm³/mol. The molecule has 1 N–H and O–H groups in total. The van der Waals surface area contributed by atoms with Crippen molar-refractivity contribution in [2.45, 2.75) is 30.3 Å². The SMILES string of the molecule is C[C@H](NC1CCSc2ccc(Cl)cc21)c1cccc(Cl)c1. The van der Waals surface area contributed by atoms with Gasteiger partial charge in [0.25, 0.3) is 0 Å². The fourth-order valence-electron chi connectivity index (χ4n) is 2.71. The van der Waals surface area contributed by atoms with E-state index in [1.54, 1.807) is 0 Å². The van der Waals surface area contributed by atoms with Crippen LogP contribution in [0.2, 0.25) is 10.0 Å². The lowest BCUT2D eigenvalue weighted by molar-refractivity contribution is 0.450. The van der Waals surface area contributed by atoms with E-state index in [1.165, 1.54) is 16.0 Å². The summed E-state index contributed by atoms with van der Waals surface area (Å²) in [6.45, 7) is 2.18. The number of rotatable bonds is 3. The molecule has 0 aliphatic carbocycles. The molecule has 21 heavy (non-hydrogen) atoms. The van der Waals surface area contributed by atoms with Gasteiger partial charge >= 0.3 is 0 Å². The third-order valence-corrected chi connectivity index (χ3v) is 5.40. The second-order valence-electron chi connectivity index (χ2n) is 5.32. The van der Waals surface area contributed by atoms with E-state index in [2.05, 4.69) is 30.4 Å². The summed E-state index contributed by atoms with van der Waals surface area (Å²) in [5.41, 5.74) is 2.52. The van der Waals surface area contributed by atoms with Gasteiger partial charge in [-0.2, -0.15) is 0 Å². The van der Waals surface area contributed by atoms with E-state index in [9.17, 15) is 0 Å². The quantitative estimate of drug-likeness (QED) is 0.750. The molecular formula is C17H17Cl2NS. The Kier molecular flexibility index (Phi) is 4.80. The molecule has 1 unspecified atom stereocenters. The standard InChI is InChI=1S/C17H17Cl2NS/c1-11(12-3-2-4-13(18)9-12)20-16-7-8-21-17-6-5-14(19)10-15(16)17/h2-6,9-11,16,20H,7-8H2,1H3/t11-,16?/m0/s1. The fourth-order valence-corrected chi connectivity index (χ4v) is 4.20. The Morgan fingerprint density at radius 2 is 1.95 bits per heavy atom. The minimum Gasteiger partial charge on any atom is -0.303 e. The Balaban J connectivity index is 1.81. The molecule has 0 bridgehead atoms. The minimum absolute atomic E-state index is 0.253. The molecular weight excluding hydrogens is 321 g/mol. The average molecular weight is 338 g/mol. The topological polar surface area (TPSA) is 12.0 Å². The molecule has 1 aliphatic heterocycles. The van der Waals surface area contributed by atoms with Gasteiger partial charge in [-0.15, -0.1) is 11.8 Å². The van der Waals surface area contributed by atoms with Gasteiger partial charge in [0.1, 0.15) is 0 Å². The van der Waals surface area contributed by atoms with Crippen LogP contribution in [0.1, 0.15) is 36.6 Å². The van der Waals surface area contributed by atoms with Crippen LogP contribution in [0.5, 0.6) is 0 Å². The van der Waals surface area contributed by atoms with Crippen molar-refractivity contribution >= 4 is 35.0 Å². The fraction of sp³-hybridized carbons (Fsp3) is 0.294. The van der Waals surface area contributed by atoms with E-state index in [0.717, 1.165) is 22.2 Å². The van der Waals surface area contributed by atoms with Crippen molar-refractivity contribution in [3.63, 3.8) is 0 Å². The van der Waals surface area contributed by atoms with Crippen molar-refractivity contribution in [3.8, 4) is 0 Å². The van der Waals surface area contributed by atoms with Crippen molar-refractivity contribution in [2.24, 2.45) is 0 Å². The van der Waals surface area contributed by atoms with Crippen LogP contribution in [0.25, 0.3) is 0 Å². The smallest absolute Gasteiger partial charge is 0.0410 e. The molecule has 1 heterocycles. The highest BCUT2D eigenvalue weighted by Gasteiger charge is 2.22. The zero-order chi connectivity index (χ0) is 14.8. The highest BCUT2D eigenvalue weighted by molar-refractivity contribution is 7.99. The third-order valence-electron chi connectivity index (χ3n) is 3.81. The molecule has 0 radical (unpaired) electrons. The lowest BCUT2D eigenvalue weighted by Gasteiger charge is -2.29. The third kappa shape index (κ3) is 3.57. The largest absolute Gasteiger partial charge is 0.303 e. The molecule has 0 amide bonds. The van der Waals surface area contributed by atoms with E-state index in [-0.39, 0.29) is 6.04 Å². The van der Waals surface area contributed by atoms with E-state index in [4.69, 9.17) is 23.2 Å². The highest BCUT2D eigenvalue weighted by atomic mass is 35.5. The van der Waals surface area contributed by atoms with Gasteiger partial charge in [0.15, 0.2) is 0 Å². The Hall–Kier alpha value is -0.670. The summed E-state index contributed by atoms with van der Waals surface area (Å²) in [5.74, 6) is 1.13. The lowest BCUT2D eigenvalue weighted by atomic mass is 10.0. The summed E-state index contributed by atoms with van der Waals surface area (Å²) in [6, 6.07) is 14.8. The Morgan fingerprint density at radius 1 is 1.14 bits per heavy atom. The summed E-state index contributed by atoms with van der Waals surface area (Å²) in [6.07, 6.45) is 1.11. The first-order valence-electron chi connectivity index (χ1n) is 7.07. The van der Waals surface area contributed by atoms with Crippen LogP contribution >= 0.6 is 35.0 Å². The molecule has 1 nitrogen and oxygen atoms in total. The van der Waals surface area contributed by atoms with Gasteiger partial charge < -0.3 is 5.32 Å². The van der Waals surface area contributed by atoms with Gasteiger partial charge in [-0.25, -0.2) is 0 Å². The molecule has 0 fully saturated rings. The van der Waals surface area contributed by atoms with Crippen molar-refractivity contribution < 1.29 is 0 Å². The first-order valence-corrected chi connectivity index (χ1v) is 8.81. The van der Waals surface area contributed by atoms with Gasteiger partial charge in [0, 0.05) is 27.0 Å². The van der Waals surface area contributed by atoms with Gasteiger partial charge in [-0.1, -0.05) is 35.3 Å². The van der Waals surface area contributed by atoms with Crippen LogP contribution in [0, 0.1) is 0 Å². The molecule has 110 valence electrons. The normalized spacial score (nSPS) is 19.1. The van der Waals surface area contributed by atoms with Gasteiger partial charge in [-0.3, -0.25) is 0 Å². The molecule has 2 aromatic rings. The maximum atomic E-state index is 6.16. The van der Waals surface area contributed by atoms with Gasteiger partial charge in [0.2, 0.25) is 0 Å². The molecule has 1 aliphatic rings. The Labute approximate surface area is 140 Å². The molecule has 2 atom stereocenters. The second kappa shape index (κ2) is 6.62. The van der Waals surface area contributed by atoms with Crippen LogP contribution in [-0.2, 0) is 0 Å². The average Bonchev–Trinajstić information content (AvgIpc) is 2.48. The van der Waals surface area contributed by atoms with Crippen molar-refractivity contribution in [2.75, 3.05) is 5.75 Å². The van der Waals surface area contributed by atoms with E-state index < -0.39 is 0 Å². The maximum Gasteiger partial charge on any atom is 0.0410 e. The predicted octanol–water partition coefficient (Wildman–Crippen LogP) is 5.88. The molecule has 0 aromatic heterocycles. The summed E-state index contributed by atoms with van der Waals surface area (Å²) in [7, 11) is 0. The molecule has 0 saturated heterocycles. The van der Waals surface area contributed by atoms with Crippen LogP contribution in [0.3, 0.4) is 0 Å². The number of benzene rings is 2. The molecule has 4 heteroatoms. The number of halogens is 2. The minimum atomic E-state index is 0.253. The van der Waals surface area contributed by atoms with E-state index in [1.807, 2.05) is 36.0 Å². The van der Waals surface area contributed by atoms with Crippen molar-refractivity contribution in [1.29, 1.82) is 0 Å². The van der Waals surface area contributed by atoms with Crippen LogP contribution in [0.4, 0.5) is 0 Å². The van der Waals surface area contributed by atoms with Crippen molar-refractivity contribution in [1.82, 2.24) is 5.32 Å². The number of thioether (sulfide) groups is 1. The van der Waals surface area contributed by atoms with E-state index in [0.29, 0.717) is 6.04 Å². The number of hydrogen-bond donors (Lipinski definition) is 1. The zero-order valence-electron chi connectivity index (χ0n) is 11.8. The highest BCUT2D eigenvalue weighted by Crippen LogP contribution is 2.38. The first-order chi connectivity index (χ1) is 10.1. The van der Waals surface area contributed by atoms with Gasteiger partial charge in [-0.05, 0) is 60.6 Å². The monoisotopic (exact) mass is 337 g/mol. The number of hydrogen-bond acceptors (Lipinski definition) is 2. The van der Waals surface area contributed by atoms with Crippen LogP contribution in [-0.4, -0.2) is 5.75 Å². The molecule has 0 saturated carbocycles. The zero-order valence-corrected chi connectivity index (χ0v) is 14.1. The molecule has 2 aromatic carbocycles. The summed E-state index contributed by atoms with van der Waals surface area (Å²) in [5, 5.41) is 5.30. The summed E-state index contributed by atoms with van der Waals surface area (Å²) in [4.78, 5) is 1.33.